The smallest absolute Gasteiger partial charge is 0.192 e. The topological polar surface area (TPSA) is 0 Å². The molecular formula is C12H6F20S2. The minimum absolute atomic E-state index is 0.239. The Labute approximate surface area is 182 Å². The summed E-state index contributed by atoms with van der Waals surface area (Å²) in [4.78, 5) is 0. The molecule has 0 N–H and O–H groups in total. The molecule has 0 aliphatic rings. The van der Waals surface area contributed by atoms with Crippen LogP contribution in [0.15, 0.2) is 0 Å². The molecule has 0 rings (SSSR count). The first kappa shape index (κ1) is 33.3. The molecule has 34 heavy (non-hydrogen) atoms. The van der Waals surface area contributed by atoms with Crippen LogP contribution in [0.2, 0.25) is 0 Å². The lowest BCUT2D eigenvalue weighted by Crippen LogP contribution is -2.76. The molecule has 0 radical (unpaired) electrons. The van der Waals surface area contributed by atoms with E-state index in [1.807, 2.05) is 0 Å². The number of hydrogen-bond donors (Lipinski definition) is 0. The Kier molecular flexibility index (Phi) is 8.25. The number of rotatable bonds is 11. The summed E-state index contributed by atoms with van der Waals surface area (Å²) in [5.74, 6) is -68.1. The highest BCUT2D eigenvalue weighted by Crippen LogP contribution is 2.67. The SMILES string of the molecule is CSC(F)(F)C(F)(F)C(F)(F)C(F)(F)C(F)(F)C(F)(F)C(F)(F)C(F)(F)C(F)(F)C(F)(F)SC. The Morgan fingerprint density at radius 3 is 0.500 bits per heavy atom. The lowest BCUT2D eigenvalue weighted by Gasteiger charge is -2.44. The van der Waals surface area contributed by atoms with Crippen LogP contribution in [0.1, 0.15) is 0 Å². The van der Waals surface area contributed by atoms with Crippen molar-refractivity contribution in [1.29, 1.82) is 0 Å². The van der Waals surface area contributed by atoms with Gasteiger partial charge in [0.25, 0.3) is 0 Å². The Balaban J connectivity index is 7.06. The normalized spacial score (nSPS) is 16.8. The molecule has 206 valence electrons. The fourth-order valence-electron chi connectivity index (χ4n) is 1.80. The van der Waals surface area contributed by atoms with E-state index in [-0.39, 0.29) is 12.5 Å². The molecule has 0 amide bonds. The second-order valence-corrected chi connectivity index (χ2v) is 7.88. The maximum atomic E-state index is 13.5. The van der Waals surface area contributed by atoms with Crippen molar-refractivity contribution < 1.29 is 87.8 Å². The Morgan fingerprint density at radius 1 is 0.265 bits per heavy atom. The zero-order valence-corrected chi connectivity index (χ0v) is 17.0. The molecule has 0 bridgehead atoms. The molecule has 0 atom stereocenters. The van der Waals surface area contributed by atoms with Gasteiger partial charge in [0, 0.05) is 0 Å². The van der Waals surface area contributed by atoms with Gasteiger partial charge in [-0.2, -0.15) is 87.8 Å². The van der Waals surface area contributed by atoms with Crippen LogP contribution in [0.4, 0.5) is 87.8 Å². The van der Waals surface area contributed by atoms with Crippen LogP contribution >= 0.6 is 23.5 Å². The van der Waals surface area contributed by atoms with E-state index in [0.717, 1.165) is 0 Å². The summed E-state index contributed by atoms with van der Waals surface area (Å²) < 4.78 is 265. The number of halogens is 20. The van der Waals surface area contributed by atoms with Gasteiger partial charge in [-0.05, 0) is 12.5 Å². The van der Waals surface area contributed by atoms with Crippen LogP contribution in [-0.2, 0) is 0 Å². The largest absolute Gasteiger partial charge is 0.388 e. The van der Waals surface area contributed by atoms with Gasteiger partial charge in [0.2, 0.25) is 0 Å². The van der Waals surface area contributed by atoms with Gasteiger partial charge >= 0.3 is 57.9 Å². The van der Waals surface area contributed by atoms with Gasteiger partial charge in [-0.3, -0.25) is 0 Å². The predicted molar refractivity (Wildman–Crippen MR) is 76.5 cm³/mol. The highest BCUT2D eigenvalue weighted by atomic mass is 32.2. The van der Waals surface area contributed by atoms with E-state index in [4.69, 9.17) is 0 Å². The summed E-state index contributed by atoms with van der Waals surface area (Å²) >= 11 is -3.54. The van der Waals surface area contributed by atoms with Crippen LogP contribution in [0.3, 0.4) is 0 Å². The Hall–Kier alpha value is -0.700. The predicted octanol–water partition coefficient (Wildman–Crippen LogP) is 7.98. The first-order chi connectivity index (χ1) is 14.4. The summed E-state index contributed by atoms with van der Waals surface area (Å²) in [6, 6.07) is 0. The van der Waals surface area contributed by atoms with E-state index >= 15 is 0 Å². The highest BCUT2D eigenvalue weighted by Gasteiger charge is 2.97. The van der Waals surface area contributed by atoms with E-state index in [1.54, 1.807) is 0 Å². The first-order valence-corrected chi connectivity index (χ1v) is 9.70. The molecule has 0 saturated heterocycles. The molecule has 0 nitrogen and oxygen atoms in total. The van der Waals surface area contributed by atoms with Gasteiger partial charge in [-0.15, -0.1) is 0 Å². The molecule has 0 aliphatic heterocycles. The van der Waals surface area contributed by atoms with Crippen LogP contribution in [0.5, 0.6) is 0 Å². The first-order valence-electron chi connectivity index (χ1n) is 7.25. The van der Waals surface area contributed by atoms with Gasteiger partial charge < -0.3 is 0 Å². The third-order valence-corrected chi connectivity index (χ3v) is 5.54. The minimum atomic E-state index is -8.97. The highest BCUT2D eigenvalue weighted by molar-refractivity contribution is 7.99. The molecule has 0 saturated carbocycles. The quantitative estimate of drug-likeness (QED) is 0.223. The average molecular weight is 594 g/mol. The summed E-state index contributed by atoms with van der Waals surface area (Å²) in [5, 5.41) is -13.0. The fourth-order valence-corrected chi connectivity index (χ4v) is 2.57. The van der Waals surface area contributed by atoms with Crippen molar-refractivity contribution in [3.63, 3.8) is 0 Å². The number of thioether (sulfide) groups is 2. The molecule has 0 aromatic carbocycles. The van der Waals surface area contributed by atoms with Crippen LogP contribution < -0.4 is 0 Å². The van der Waals surface area contributed by atoms with Crippen molar-refractivity contribution in [1.82, 2.24) is 0 Å². The van der Waals surface area contributed by atoms with Crippen LogP contribution in [-0.4, -0.2) is 70.4 Å². The third kappa shape index (κ3) is 3.86. The van der Waals surface area contributed by atoms with Gasteiger partial charge in [-0.1, -0.05) is 23.5 Å². The van der Waals surface area contributed by atoms with Crippen molar-refractivity contribution in [2.75, 3.05) is 12.5 Å². The average Bonchev–Trinajstić information content (AvgIpc) is 2.66. The second kappa shape index (κ2) is 8.42. The molecule has 0 heterocycles. The van der Waals surface area contributed by atoms with Crippen molar-refractivity contribution in [2.24, 2.45) is 0 Å². The Bertz CT molecular complexity index is 678. The van der Waals surface area contributed by atoms with Crippen molar-refractivity contribution >= 4 is 23.5 Å². The van der Waals surface area contributed by atoms with Crippen LogP contribution in [0, 0.1) is 0 Å². The Morgan fingerprint density at radius 2 is 0.382 bits per heavy atom. The van der Waals surface area contributed by atoms with Gasteiger partial charge in [0.05, 0.1) is 0 Å². The fraction of sp³-hybridized carbons (Fsp3) is 1.00. The van der Waals surface area contributed by atoms with Gasteiger partial charge in [0.15, 0.2) is 0 Å². The molecule has 0 unspecified atom stereocenters. The van der Waals surface area contributed by atoms with Gasteiger partial charge in [0.1, 0.15) is 0 Å². The standard InChI is InChI=1S/C12H6F20S2/c1-33-11(29,30)9(25,26)7(21,22)5(17,18)3(13,14)4(15,16)6(19,20)8(23,24)10(27,28)12(31,32)34-2/h1-2H3. The van der Waals surface area contributed by atoms with Crippen LogP contribution in [0.25, 0.3) is 0 Å². The molecule has 0 aliphatic carbocycles. The summed E-state index contributed by atoms with van der Waals surface area (Å²) in [5.41, 5.74) is 0. The molecule has 0 fully saturated rings. The molecular weight excluding hydrogens is 588 g/mol. The van der Waals surface area contributed by atoms with E-state index in [0.29, 0.717) is 0 Å². The summed E-state index contributed by atoms with van der Waals surface area (Å²) in [6.45, 7) is 0. The molecule has 0 aromatic rings. The van der Waals surface area contributed by atoms with Gasteiger partial charge in [-0.25, -0.2) is 0 Å². The van der Waals surface area contributed by atoms with Crippen molar-refractivity contribution in [3.05, 3.63) is 0 Å². The van der Waals surface area contributed by atoms with E-state index < -0.39 is 81.4 Å². The van der Waals surface area contributed by atoms with Crippen molar-refractivity contribution in [2.45, 2.75) is 57.9 Å². The van der Waals surface area contributed by atoms with E-state index in [9.17, 15) is 87.8 Å². The maximum Gasteiger partial charge on any atom is 0.388 e. The van der Waals surface area contributed by atoms with E-state index in [2.05, 4.69) is 0 Å². The number of hydrogen-bond acceptors (Lipinski definition) is 2. The van der Waals surface area contributed by atoms with Crippen molar-refractivity contribution in [3.8, 4) is 0 Å². The summed E-state index contributed by atoms with van der Waals surface area (Å²) in [7, 11) is 0. The lowest BCUT2D eigenvalue weighted by molar-refractivity contribution is -0.463. The minimum Gasteiger partial charge on any atom is -0.192 e. The second-order valence-electron chi connectivity index (χ2n) is 6.04. The summed E-state index contributed by atoms with van der Waals surface area (Å²) in [6.07, 6.45) is -0.477. The zero-order valence-electron chi connectivity index (χ0n) is 15.4. The monoisotopic (exact) mass is 594 g/mol. The molecule has 0 spiro atoms. The molecule has 22 heteroatoms. The van der Waals surface area contributed by atoms with E-state index in [1.165, 1.54) is 0 Å². The maximum absolute atomic E-state index is 13.5. The lowest BCUT2D eigenvalue weighted by atomic mass is 9.87. The molecule has 0 aromatic heterocycles. The number of alkyl halides is 20. The third-order valence-electron chi connectivity index (χ3n) is 4.00. The zero-order chi connectivity index (χ0) is 28.4.